The SMILES string of the molecule is CN(C(=O)CN)C(Cc1ccccc1)c1cccnc1. The minimum Gasteiger partial charge on any atom is -0.337 e. The first-order valence-corrected chi connectivity index (χ1v) is 6.62. The second-order valence-corrected chi connectivity index (χ2v) is 4.70. The van der Waals surface area contributed by atoms with Gasteiger partial charge in [0.15, 0.2) is 0 Å². The van der Waals surface area contributed by atoms with Crippen molar-refractivity contribution < 1.29 is 4.79 Å². The summed E-state index contributed by atoms with van der Waals surface area (Å²) in [5.41, 5.74) is 7.67. The van der Waals surface area contributed by atoms with Gasteiger partial charge in [-0.3, -0.25) is 9.78 Å². The quantitative estimate of drug-likeness (QED) is 0.900. The second-order valence-electron chi connectivity index (χ2n) is 4.70. The molecule has 2 N–H and O–H groups in total. The first-order chi connectivity index (χ1) is 9.72. The van der Waals surface area contributed by atoms with Gasteiger partial charge in [0.25, 0.3) is 0 Å². The van der Waals surface area contributed by atoms with Gasteiger partial charge in [-0.05, 0) is 23.6 Å². The second kappa shape index (κ2) is 6.82. The predicted molar refractivity (Wildman–Crippen MR) is 78.9 cm³/mol. The van der Waals surface area contributed by atoms with Gasteiger partial charge in [-0.25, -0.2) is 0 Å². The number of nitrogens with zero attached hydrogens (tertiary/aromatic N) is 2. The van der Waals surface area contributed by atoms with Crippen molar-refractivity contribution in [1.82, 2.24) is 9.88 Å². The summed E-state index contributed by atoms with van der Waals surface area (Å²) in [5, 5.41) is 0. The van der Waals surface area contributed by atoms with E-state index in [-0.39, 0.29) is 18.5 Å². The van der Waals surface area contributed by atoms with Crippen molar-refractivity contribution in [1.29, 1.82) is 0 Å². The molecule has 1 aromatic carbocycles. The summed E-state index contributed by atoms with van der Waals surface area (Å²) < 4.78 is 0. The minimum absolute atomic E-state index is 0.0159. The summed E-state index contributed by atoms with van der Waals surface area (Å²) in [5.74, 6) is -0.0743. The van der Waals surface area contributed by atoms with Crippen LogP contribution in [-0.4, -0.2) is 29.4 Å². The van der Waals surface area contributed by atoms with Crippen LogP contribution in [0.3, 0.4) is 0 Å². The average Bonchev–Trinajstić information content (AvgIpc) is 2.53. The van der Waals surface area contributed by atoms with E-state index >= 15 is 0 Å². The molecule has 0 aliphatic carbocycles. The van der Waals surface area contributed by atoms with Crippen LogP contribution in [0.1, 0.15) is 17.2 Å². The first kappa shape index (κ1) is 14.2. The lowest BCUT2D eigenvalue weighted by atomic mass is 9.99. The summed E-state index contributed by atoms with van der Waals surface area (Å²) in [7, 11) is 1.79. The van der Waals surface area contributed by atoms with E-state index in [2.05, 4.69) is 17.1 Å². The van der Waals surface area contributed by atoms with Gasteiger partial charge >= 0.3 is 0 Å². The molecule has 2 rings (SSSR count). The van der Waals surface area contributed by atoms with Gasteiger partial charge in [-0.1, -0.05) is 36.4 Å². The van der Waals surface area contributed by atoms with Gasteiger partial charge in [-0.2, -0.15) is 0 Å². The fourth-order valence-corrected chi connectivity index (χ4v) is 2.21. The number of aromatic nitrogens is 1. The standard InChI is InChI=1S/C16H19N3O/c1-19(16(20)11-17)15(14-8-5-9-18-12-14)10-13-6-3-2-4-7-13/h2-9,12,15H,10-11,17H2,1H3. The highest BCUT2D eigenvalue weighted by atomic mass is 16.2. The van der Waals surface area contributed by atoms with E-state index < -0.39 is 0 Å². The highest BCUT2D eigenvalue weighted by molar-refractivity contribution is 5.78. The van der Waals surface area contributed by atoms with Crippen molar-refractivity contribution >= 4 is 5.91 Å². The maximum atomic E-state index is 11.9. The summed E-state index contributed by atoms with van der Waals surface area (Å²) >= 11 is 0. The minimum atomic E-state index is -0.0743. The number of hydrogen-bond donors (Lipinski definition) is 1. The van der Waals surface area contributed by atoms with E-state index in [4.69, 9.17) is 5.73 Å². The van der Waals surface area contributed by atoms with Gasteiger partial charge in [-0.15, -0.1) is 0 Å². The highest BCUT2D eigenvalue weighted by Gasteiger charge is 2.21. The molecule has 0 bridgehead atoms. The third-order valence-corrected chi connectivity index (χ3v) is 3.38. The van der Waals surface area contributed by atoms with E-state index in [0.717, 1.165) is 12.0 Å². The molecule has 0 aliphatic heterocycles. The number of hydrogen-bond acceptors (Lipinski definition) is 3. The molecular weight excluding hydrogens is 250 g/mol. The van der Waals surface area contributed by atoms with Crippen molar-refractivity contribution in [2.24, 2.45) is 5.73 Å². The molecule has 0 radical (unpaired) electrons. The van der Waals surface area contributed by atoms with Crippen LogP contribution >= 0.6 is 0 Å². The average molecular weight is 269 g/mol. The lowest BCUT2D eigenvalue weighted by Crippen LogP contribution is -2.36. The van der Waals surface area contributed by atoms with Crippen LogP contribution < -0.4 is 5.73 Å². The molecule has 20 heavy (non-hydrogen) atoms. The summed E-state index contributed by atoms with van der Waals surface area (Å²) in [4.78, 5) is 17.7. The van der Waals surface area contributed by atoms with Crippen LogP contribution in [0.25, 0.3) is 0 Å². The van der Waals surface area contributed by atoms with Crippen LogP contribution in [0, 0.1) is 0 Å². The molecule has 0 fully saturated rings. The Morgan fingerprint density at radius 1 is 1.25 bits per heavy atom. The van der Waals surface area contributed by atoms with Crippen molar-refractivity contribution in [3.8, 4) is 0 Å². The van der Waals surface area contributed by atoms with Gasteiger partial charge in [0, 0.05) is 19.4 Å². The van der Waals surface area contributed by atoms with E-state index in [9.17, 15) is 4.79 Å². The number of rotatable bonds is 5. The Balaban J connectivity index is 2.27. The molecule has 0 aliphatic rings. The smallest absolute Gasteiger partial charge is 0.236 e. The van der Waals surface area contributed by atoms with Crippen molar-refractivity contribution in [2.75, 3.05) is 13.6 Å². The lowest BCUT2D eigenvalue weighted by molar-refractivity contribution is -0.130. The fourth-order valence-electron chi connectivity index (χ4n) is 2.21. The number of carbonyl (C=O) groups is 1. The fraction of sp³-hybridized carbons (Fsp3) is 0.250. The van der Waals surface area contributed by atoms with Crippen LogP contribution in [0.15, 0.2) is 54.9 Å². The predicted octanol–water partition coefficient (Wildman–Crippen LogP) is 1.78. The molecule has 1 aromatic heterocycles. The summed E-state index contributed by atoms with van der Waals surface area (Å²) in [6.45, 7) is 0.0159. The Morgan fingerprint density at radius 3 is 2.60 bits per heavy atom. The number of carbonyl (C=O) groups excluding carboxylic acids is 1. The molecule has 0 spiro atoms. The largest absolute Gasteiger partial charge is 0.337 e. The molecule has 1 unspecified atom stereocenters. The third kappa shape index (κ3) is 3.42. The zero-order valence-corrected chi connectivity index (χ0v) is 11.6. The lowest BCUT2D eigenvalue weighted by Gasteiger charge is -2.28. The number of likely N-dealkylation sites (N-methyl/N-ethyl adjacent to an activating group) is 1. The Hall–Kier alpha value is -2.20. The number of pyridine rings is 1. The molecule has 1 amide bonds. The van der Waals surface area contributed by atoms with E-state index in [1.54, 1.807) is 24.3 Å². The van der Waals surface area contributed by atoms with Crippen molar-refractivity contribution in [3.63, 3.8) is 0 Å². The zero-order valence-electron chi connectivity index (χ0n) is 11.6. The van der Waals surface area contributed by atoms with Gasteiger partial charge in [0.05, 0.1) is 12.6 Å². The Labute approximate surface area is 119 Å². The number of benzene rings is 1. The van der Waals surface area contributed by atoms with Gasteiger partial charge in [0.1, 0.15) is 0 Å². The molecule has 1 heterocycles. The van der Waals surface area contributed by atoms with Crippen LogP contribution in [-0.2, 0) is 11.2 Å². The molecule has 4 heteroatoms. The topological polar surface area (TPSA) is 59.2 Å². The molecule has 2 aromatic rings. The summed E-state index contributed by atoms with van der Waals surface area (Å²) in [6, 6.07) is 13.9. The van der Waals surface area contributed by atoms with E-state index in [0.29, 0.717) is 0 Å². The van der Waals surface area contributed by atoms with E-state index in [1.807, 2.05) is 30.3 Å². The Kier molecular flexibility index (Phi) is 4.85. The van der Waals surface area contributed by atoms with Gasteiger partial charge in [0.2, 0.25) is 5.91 Å². The number of amides is 1. The first-order valence-electron chi connectivity index (χ1n) is 6.62. The Morgan fingerprint density at radius 2 is 2.00 bits per heavy atom. The number of nitrogens with two attached hydrogens (primary N) is 1. The molecule has 0 saturated carbocycles. The van der Waals surface area contributed by atoms with Crippen LogP contribution in [0.2, 0.25) is 0 Å². The highest BCUT2D eigenvalue weighted by Crippen LogP contribution is 2.23. The van der Waals surface area contributed by atoms with Crippen molar-refractivity contribution in [2.45, 2.75) is 12.5 Å². The van der Waals surface area contributed by atoms with Crippen molar-refractivity contribution in [3.05, 3.63) is 66.0 Å². The zero-order chi connectivity index (χ0) is 14.4. The molecule has 1 atom stereocenters. The third-order valence-electron chi connectivity index (χ3n) is 3.38. The Bertz CT molecular complexity index is 542. The van der Waals surface area contributed by atoms with Crippen LogP contribution in [0.5, 0.6) is 0 Å². The monoisotopic (exact) mass is 269 g/mol. The maximum Gasteiger partial charge on any atom is 0.236 e. The molecule has 104 valence electrons. The summed E-state index contributed by atoms with van der Waals surface area (Å²) in [6.07, 6.45) is 4.27. The van der Waals surface area contributed by atoms with Gasteiger partial charge < -0.3 is 10.6 Å². The molecule has 4 nitrogen and oxygen atoms in total. The molecular formula is C16H19N3O. The normalized spacial score (nSPS) is 11.9. The van der Waals surface area contributed by atoms with E-state index in [1.165, 1.54) is 5.56 Å². The van der Waals surface area contributed by atoms with Crippen LogP contribution in [0.4, 0.5) is 0 Å². The molecule has 0 saturated heterocycles. The maximum absolute atomic E-state index is 11.9.